The molecule has 1 amide bonds. The lowest BCUT2D eigenvalue weighted by atomic mass is 10.2. The van der Waals surface area contributed by atoms with Gasteiger partial charge in [-0.3, -0.25) is 4.79 Å². The normalized spacial score (nSPS) is 16.5. The first kappa shape index (κ1) is 17.0. The van der Waals surface area contributed by atoms with Crippen LogP contribution in [0.2, 0.25) is 0 Å². The first-order valence-electron chi connectivity index (χ1n) is 8.23. The van der Waals surface area contributed by atoms with Crippen LogP contribution in [0.4, 0.5) is 0 Å². The van der Waals surface area contributed by atoms with Gasteiger partial charge < -0.3 is 19.7 Å². The molecule has 24 heavy (non-hydrogen) atoms. The number of rotatable bonds is 7. The minimum Gasteiger partial charge on any atom is -0.484 e. The number of morpholine rings is 1. The third-order valence-corrected chi connectivity index (χ3v) is 5.12. The molecule has 0 radical (unpaired) electrons. The Hall–Kier alpha value is -1.89. The van der Waals surface area contributed by atoms with E-state index in [2.05, 4.69) is 22.8 Å². The van der Waals surface area contributed by atoms with E-state index >= 15 is 0 Å². The van der Waals surface area contributed by atoms with Gasteiger partial charge in [0.2, 0.25) is 0 Å². The minimum atomic E-state index is -0.0898. The lowest BCUT2D eigenvalue weighted by Crippen LogP contribution is -3.15. The number of nitrogens with one attached hydrogen (secondary N) is 2. The number of ether oxygens (including phenoxy) is 2. The van der Waals surface area contributed by atoms with E-state index in [1.165, 1.54) is 9.78 Å². The van der Waals surface area contributed by atoms with Gasteiger partial charge in [-0.2, -0.15) is 0 Å². The lowest BCUT2D eigenvalue weighted by Gasteiger charge is -2.31. The first-order chi connectivity index (χ1) is 11.8. The first-order valence-corrected chi connectivity index (χ1v) is 9.11. The predicted octanol–water partition coefficient (Wildman–Crippen LogP) is 0.899. The monoisotopic (exact) mass is 347 g/mol. The summed E-state index contributed by atoms with van der Waals surface area (Å²) >= 11 is 1.74. The molecule has 0 unspecified atom stereocenters. The Kier molecular flexibility index (Phi) is 6.23. The molecule has 2 N–H and O–H groups in total. The molecule has 0 bridgehead atoms. The van der Waals surface area contributed by atoms with E-state index in [0.717, 1.165) is 26.3 Å². The van der Waals surface area contributed by atoms with Gasteiger partial charge in [-0.05, 0) is 23.6 Å². The summed E-state index contributed by atoms with van der Waals surface area (Å²) in [6.07, 6.45) is 0. The second kappa shape index (κ2) is 8.82. The van der Waals surface area contributed by atoms with Gasteiger partial charge in [-0.1, -0.05) is 24.3 Å². The second-order valence-electron chi connectivity index (χ2n) is 5.74. The Morgan fingerprint density at radius 2 is 2.00 bits per heavy atom. The maximum atomic E-state index is 12.1. The van der Waals surface area contributed by atoms with Gasteiger partial charge in [0.05, 0.1) is 24.6 Å². The smallest absolute Gasteiger partial charge is 0.258 e. The third kappa shape index (κ3) is 4.80. The molecule has 0 aliphatic carbocycles. The van der Waals surface area contributed by atoms with E-state index in [9.17, 15) is 4.79 Å². The Bertz CT molecular complexity index is 612. The predicted molar refractivity (Wildman–Crippen MR) is 93.5 cm³/mol. The van der Waals surface area contributed by atoms with Crippen molar-refractivity contribution in [2.45, 2.75) is 6.04 Å². The molecule has 0 saturated carbocycles. The zero-order valence-electron chi connectivity index (χ0n) is 13.6. The van der Waals surface area contributed by atoms with Gasteiger partial charge in [-0.25, -0.2) is 0 Å². The molecule has 3 rings (SSSR count). The molecular formula is C18H23N2O3S+. The van der Waals surface area contributed by atoms with Crippen LogP contribution >= 0.6 is 11.3 Å². The van der Waals surface area contributed by atoms with Crippen molar-refractivity contribution in [3.63, 3.8) is 0 Å². The van der Waals surface area contributed by atoms with Crippen LogP contribution in [-0.4, -0.2) is 45.4 Å². The minimum absolute atomic E-state index is 0.0413. The second-order valence-corrected chi connectivity index (χ2v) is 6.72. The Labute approximate surface area is 146 Å². The molecule has 1 aliphatic heterocycles. The number of hydrogen-bond acceptors (Lipinski definition) is 4. The molecule has 128 valence electrons. The topological polar surface area (TPSA) is 52.0 Å². The summed E-state index contributed by atoms with van der Waals surface area (Å²) in [6.45, 7) is 4.16. The summed E-state index contributed by atoms with van der Waals surface area (Å²) < 4.78 is 11.0. The molecule has 1 saturated heterocycles. The summed E-state index contributed by atoms with van der Waals surface area (Å²) in [7, 11) is 0. The third-order valence-electron chi connectivity index (χ3n) is 4.13. The molecule has 5 nitrogen and oxygen atoms in total. The maximum Gasteiger partial charge on any atom is 0.258 e. The van der Waals surface area contributed by atoms with Gasteiger partial charge in [0.15, 0.2) is 6.61 Å². The van der Waals surface area contributed by atoms with Gasteiger partial charge in [-0.15, -0.1) is 11.3 Å². The number of carbonyl (C=O) groups is 1. The van der Waals surface area contributed by atoms with Gasteiger partial charge in [0, 0.05) is 0 Å². The summed E-state index contributed by atoms with van der Waals surface area (Å²) in [5.74, 6) is 0.620. The summed E-state index contributed by atoms with van der Waals surface area (Å²) in [6, 6.07) is 13.9. The molecular weight excluding hydrogens is 324 g/mol. The SMILES string of the molecule is O=C(COc1ccccc1)NC[C@H](c1cccs1)[NH+]1CCOCC1. The van der Waals surface area contributed by atoms with Gasteiger partial charge in [0.1, 0.15) is 24.9 Å². The van der Waals surface area contributed by atoms with Crippen molar-refractivity contribution >= 4 is 17.2 Å². The molecule has 1 fully saturated rings. The fourth-order valence-electron chi connectivity index (χ4n) is 2.85. The summed E-state index contributed by atoms with van der Waals surface area (Å²) in [4.78, 5) is 14.9. The highest BCUT2D eigenvalue weighted by Gasteiger charge is 2.27. The van der Waals surface area contributed by atoms with Crippen LogP contribution in [0, 0.1) is 0 Å². The van der Waals surface area contributed by atoms with Crippen molar-refractivity contribution < 1.29 is 19.2 Å². The van der Waals surface area contributed by atoms with E-state index < -0.39 is 0 Å². The van der Waals surface area contributed by atoms with Gasteiger partial charge >= 0.3 is 0 Å². The zero-order valence-corrected chi connectivity index (χ0v) is 14.4. The molecule has 2 heterocycles. The van der Waals surface area contributed by atoms with Crippen molar-refractivity contribution in [3.05, 3.63) is 52.7 Å². The highest BCUT2D eigenvalue weighted by Crippen LogP contribution is 2.16. The average molecular weight is 347 g/mol. The van der Waals surface area contributed by atoms with E-state index in [1.54, 1.807) is 11.3 Å². The number of benzene rings is 1. The van der Waals surface area contributed by atoms with E-state index in [4.69, 9.17) is 9.47 Å². The highest BCUT2D eigenvalue weighted by molar-refractivity contribution is 7.10. The number of quaternary nitrogens is 1. The molecule has 1 aromatic heterocycles. The fraction of sp³-hybridized carbons (Fsp3) is 0.389. The van der Waals surface area contributed by atoms with Crippen LogP contribution in [0.5, 0.6) is 5.75 Å². The van der Waals surface area contributed by atoms with Crippen LogP contribution < -0.4 is 15.0 Å². The van der Waals surface area contributed by atoms with Crippen molar-refractivity contribution in [3.8, 4) is 5.75 Å². The Morgan fingerprint density at radius 3 is 2.71 bits per heavy atom. The Morgan fingerprint density at radius 1 is 1.21 bits per heavy atom. The molecule has 0 spiro atoms. The van der Waals surface area contributed by atoms with Crippen molar-refractivity contribution in [2.75, 3.05) is 39.5 Å². The number of thiophene rings is 1. The largest absolute Gasteiger partial charge is 0.484 e. The average Bonchev–Trinajstić information content (AvgIpc) is 3.16. The standard InChI is InChI=1S/C18H22N2O3S/c21-18(14-23-15-5-2-1-3-6-15)19-13-16(17-7-4-12-24-17)20-8-10-22-11-9-20/h1-7,12,16H,8-11,13-14H2,(H,19,21)/p+1/t16-/m1/s1. The Balaban J connectivity index is 1.52. The van der Waals surface area contributed by atoms with E-state index in [1.807, 2.05) is 30.3 Å². The number of carbonyl (C=O) groups excluding carboxylic acids is 1. The van der Waals surface area contributed by atoms with Gasteiger partial charge in [0.25, 0.3) is 5.91 Å². The van der Waals surface area contributed by atoms with E-state index in [0.29, 0.717) is 12.3 Å². The van der Waals surface area contributed by atoms with Crippen LogP contribution in [0.3, 0.4) is 0 Å². The molecule has 2 aromatic rings. The highest BCUT2D eigenvalue weighted by atomic mass is 32.1. The molecule has 1 aromatic carbocycles. The van der Waals surface area contributed by atoms with Crippen LogP contribution in [0.1, 0.15) is 10.9 Å². The van der Waals surface area contributed by atoms with Crippen molar-refractivity contribution in [1.82, 2.24) is 5.32 Å². The van der Waals surface area contributed by atoms with Crippen LogP contribution in [-0.2, 0) is 9.53 Å². The van der Waals surface area contributed by atoms with Crippen LogP contribution in [0.15, 0.2) is 47.8 Å². The number of para-hydroxylation sites is 1. The summed E-state index contributed by atoms with van der Waals surface area (Å²) in [5, 5.41) is 5.11. The summed E-state index contributed by atoms with van der Waals surface area (Å²) in [5.41, 5.74) is 0. The van der Waals surface area contributed by atoms with E-state index in [-0.39, 0.29) is 18.6 Å². The molecule has 1 atom stereocenters. The molecule has 6 heteroatoms. The van der Waals surface area contributed by atoms with Crippen LogP contribution in [0.25, 0.3) is 0 Å². The zero-order chi connectivity index (χ0) is 16.6. The number of hydrogen-bond donors (Lipinski definition) is 2. The number of amides is 1. The maximum absolute atomic E-state index is 12.1. The quantitative estimate of drug-likeness (QED) is 0.782. The van der Waals surface area contributed by atoms with Crippen molar-refractivity contribution in [1.29, 1.82) is 0 Å². The molecule has 1 aliphatic rings. The van der Waals surface area contributed by atoms with Crippen molar-refractivity contribution in [2.24, 2.45) is 0 Å². The fourth-order valence-corrected chi connectivity index (χ4v) is 3.74. The lowest BCUT2D eigenvalue weighted by molar-refractivity contribution is -0.937.